The lowest BCUT2D eigenvalue weighted by Crippen LogP contribution is -2.53. The average molecular weight is 388 g/mol. The molecule has 6 nitrogen and oxygen atoms in total. The molecule has 0 saturated carbocycles. The first-order valence-electron chi connectivity index (χ1n) is 8.27. The molecule has 1 saturated heterocycles. The summed E-state index contributed by atoms with van der Waals surface area (Å²) < 4.78 is 29.2. The molecule has 1 atom stereocenters. The third kappa shape index (κ3) is 5.09. The van der Waals surface area contributed by atoms with Crippen molar-refractivity contribution >= 4 is 27.4 Å². The second-order valence-corrected chi connectivity index (χ2v) is 9.26. The largest absolute Gasteiger partial charge is 0.381 e. The highest BCUT2D eigenvalue weighted by Crippen LogP contribution is 2.28. The average Bonchev–Trinajstić information content (AvgIpc) is 2.59. The monoisotopic (exact) mass is 387 g/mol. The Bertz CT molecular complexity index is 698. The summed E-state index contributed by atoms with van der Waals surface area (Å²) in [6, 6.07) is 7.58. The van der Waals surface area contributed by atoms with Crippen LogP contribution in [0.3, 0.4) is 0 Å². The van der Waals surface area contributed by atoms with Crippen molar-refractivity contribution in [3.05, 3.63) is 34.9 Å². The highest BCUT2D eigenvalue weighted by molar-refractivity contribution is 7.92. The van der Waals surface area contributed by atoms with Gasteiger partial charge in [0.05, 0.1) is 10.8 Å². The number of sulfone groups is 1. The van der Waals surface area contributed by atoms with E-state index in [1.54, 1.807) is 7.05 Å². The number of halogens is 1. The minimum absolute atomic E-state index is 0.00680. The van der Waals surface area contributed by atoms with Gasteiger partial charge in [-0.05, 0) is 37.5 Å². The molecule has 1 aromatic carbocycles. The van der Waals surface area contributed by atoms with Crippen LogP contribution in [-0.2, 0) is 14.6 Å². The van der Waals surface area contributed by atoms with Crippen molar-refractivity contribution in [1.82, 2.24) is 10.6 Å². The molecule has 0 aliphatic carbocycles. The highest BCUT2D eigenvalue weighted by atomic mass is 35.5. The summed E-state index contributed by atoms with van der Waals surface area (Å²) in [6.45, 7) is 3.24. The van der Waals surface area contributed by atoms with Crippen LogP contribution in [-0.4, -0.2) is 52.2 Å². The highest BCUT2D eigenvalue weighted by Gasteiger charge is 2.42. The maximum Gasteiger partial charge on any atom is 0.191 e. The summed E-state index contributed by atoms with van der Waals surface area (Å²) in [5, 5.41) is 7.15. The number of rotatable bonds is 5. The molecule has 1 unspecified atom stereocenters. The van der Waals surface area contributed by atoms with E-state index in [1.165, 1.54) is 6.26 Å². The lowest BCUT2D eigenvalue weighted by Gasteiger charge is -2.36. The fraction of sp³-hybridized carbons (Fsp3) is 0.588. The fourth-order valence-corrected chi connectivity index (χ4v) is 4.27. The molecule has 1 fully saturated rings. The second-order valence-electron chi connectivity index (χ2n) is 6.41. The third-order valence-corrected chi connectivity index (χ3v) is 7.09. The van der Waals surface area contributed by atoms with E-state index in [0.29, 0.717) is 43.6 Å². The smallest absolute Gasteiger partial charge is 0.191 e. The Morgan fingerprint density at radius 1 is 1.32 bits per heavy atom. The van der Waals surface area contributed by atoms with Crippen LogP contribution in [0.4, 0.5) is 0 Å². The first-order chi connectivity index (χ1) is 11.8. The minimum Gasteiger partial charge on any atom is -0.381 e. The second kappa shape index (κ2) is 8.38. The van der Waals surface area contributed by atoms with Crippen LogP contribution >= 0.6 is 11.6 Å². The number of benzene rings is 1. The van der Waals surface area contributed by atoms with Gasteiger partial charge in [-0.15, -0.1) is 0 Å². The predicted molar refractivity (Wildman–Crippen MR) is 102 cm³/mol. The number of ether oxygens (including phenoxy) is 1. The number of aliphatic imine (C=N–C) groups is 1. The van der Waals surface area contributed by atoms with Crippen molar-refractivity contribution in [3.8, 4) is 0 Å². The first-order valence-corrected chi connectivity index (χ1v) is 10.5. The van der Waals surface area contributed by atoms with Gasteiger partial charge in [0.15, 0.2) is 15.8 Å². The van der Waals surface area contributed by atoms with Gasteiger partial charge in [-0.3, -0.25) is 4.99 Å². The molecule has 0 radical (unpaired) electrons. The lowest BCUT2D eigenvalue weighted by molar-refractivity contribution is 0.0756. The topological polar surface area (TPSA) is 79.8 Å². The third-order valence-electron chi connectivity index (χ3n) is 4.72. The van der Waals surface area contributed by atoms with Crippen molar-refractivity contribution in [1.29, 1.82) is 0 Å². The zero-order chi connectivity index (χ0) is 18.5. The van der Waals surface area contributed by atoms with Gasteiger partial charge in [-0.1, -0.05) is 23.7 Å². The molecule has 0 spiro atoms. The van der Waals surface area contributed by atoms with Gasteiger partial charge in [0, 0.05) is 38.1 Å². The maximum atomic E-state index is 12.3. The molecule has 0 aromatic heterocycles. The Morgan fingerprint density at radius 2 is 1.92 bits per heavy atom. The SMILES string of the molecule is CN=C(NCC1(S(C)(=O)=O)CCOCC1)NC(C)c1ccc(Cl)cc1. The summed E-state index contributed by atoms with van der Waals surface area (Å²) in [5.41, 5.74) is 1.07. The van der Waals surface area contributed by atoms with Crippen LogP contribution in [0.15, 0.2) is 29.3 Å². The summed E-state index contributed by atoms with van der Waals surface area (Å²) >= 11 is 5.92. The molecule has 0 amide bonds. The molecule has 1 aliphatic rings. The van der Waals surface area contributed by atoms with Gasteiger partial charge in [-0.25, -0.2) is 8.42 Å². The van der Waals surface area contributed by atoms with E-state index in [-0.39, 0.29) is 6.04 Å². The Balaban J connectivity index is 2.02. The van der Waals surface area contributed by atoms with E-state index in [0.717, 1.165) is 5.56 Å². The number of nitrogens with zero attached hydrogens (tertiary/aromatic N) is 1. The van der Waals surface area contributed by atoms with Gasteiger partial charge in [-0.2, -0.15) is 0 Å². The van der Waals surface area contributed by atoms with E-state index in [4.69, 9.17) is 16.3 Å². The molecule has 1 aromatic rings. The molecule has 2 N–H and O–H groups in total. The standard InChI is InChI=1S/C17H26ClN3O3S/c1-13(14-4-6-15(18)7-5-14)21-16(19-2)20-12-17(25(3,22)23)8-10-24-11-9-17/h4-7,13H,8-12H2,1-3H3,(H2,19,20,21). The first kappa shape index (κ1) is 20.0. The van der Waals surface area contributed by atoms with E-state index >= 15 is 0 Å². The van der Waals surface area contributed by atoms with Crippen LogP contribution < -0.4 is 10.6 Å². The number of hydrogen-bond donors (Lipinski definition) is 2. The summed E-state index contributed by atoms with van der Waals surface area (Å²) in [4.78, 5) is 4.21. The molecule has 1 heterocycles. The molecule has 2 rings (SSSR count). The van der Waals surface area contributed by atoms with Gasteiger partial charge >= 0.3 is 0 Å². The van der Waals surface area contributed by atoms with Crippen molar-refractivity contribution in [3.63, 3.8) is 0 Å². The Labute approximate surface area is 154 Å². The predicted octanol–water partition coefficient (Wildman–Crippen LogP) is 2.16. The maximum absolute atomic E-state index is 12.3. The van der Waals surface area contributed by atoms with Crippen LogP contribution in [0, 0.1) is 0 Å². The summed E-state index contributed by atoms with van der Waals surface area (Å²) in [6.07, 6.45) is 2.28. The zero-order valence-electron chi connectivity index (χ0n) is 14.9. The Hall–Kier alpha value is -1.31. The van der Waals surface area contributed by atoms with Crippen LogP contribution in [0.1, 0.15) is 31.4 Å². The Kier molecular flexibility index (Phi) is 6.71. The molecule has 140 valence electrons. The zero-order valence-corrected chi connectivity index (χ0v) is 16.5. The van der Waals surface area contributed by atoms with Gasteiger partial charge in [0.25, 0.3) is 0 Å². The minimum atomic E-state index is -3.22. The van der Waals surface area contributed by atoms with E-state index in [9.17, 15) is 8.42 Å². The summed E-state index contributed by atoms with van der Waals surface area (Å²) in [7, 11) is -1.55. The van der Waals surface area contributed by atoms with E-state index in [2.05, 4.69) is 15.6 Å². The van der Waals surface area contributed by atoms with Crippen molar-refractivity contribution < 1.29 is 13.2 Å². The van der Waals surface area contributed by atoms with Crippen molar-refractivity contribution in [2.24, 2.45) is 4.99 Å². The normalized spacial score (nSPS) is 19.3. The van der Waals surface area contributed by atoms with E-state index < -0.39 is 14.6 Å². The lowest BCUT2D eigenvalue weighted by atomic mass is 9.99. The summed E-state index contributed by atoms with van der Waals surface area (Å²) in [5.74, 6) is 0.567. The van der Waals surface area contributed by atoms with Crippen molar-refractivity contribution in [2.45, 2.75) is 30.6 Å². The van der Waals surface area contributed by atoms with Gasteiger partial charge in [0.2, 0.25) is 0 Å². The molecule has 1 aliphatic heterocycles. The molecular formula is C17H26ClN3O3S. The quantitative estimate of drug-likeness (QED) is 0.597. The van der Waals surface area contributed by atoms with Crippen LogP contribution in [0.2, 0.25) is 5.02 Å². The molecule has 0 bridgehead atoms. The van der Waals surface area contributed by atoms with E-state index in [1.807, 2.05) is 31.2 Å². The van der Waals surface area contributed by atoms with Crippen LogP contribution in [0.5, 0.6) is 0 Å². The number of nitrogens with one attached hydrogen (secondary N) is 2. The molecule has 8 heteroatoms. The molecule has 25 heavy (non-hydrogen) atoms. The number of guanidine groups is 1. The van der Waals surface area contributed by atoms with Crippen molar-refractivity contribution in [2.75, 3.05) is 33.1 Å². The van der Waals surface area contributed by atoms with Crippen LogP contribution in [0.25, 0.3) is 0 Å². The number of hydrogen-bond acceptors (Lipinski definition) is 4. The fourth-order valence-electron chi connectivity index (χ4n) is 2.90. The Morgan fingerprint density at radius 3 is 2.44 bits per heavy atom. The van der Waals surface area contributed by atoms with Gasteiger partial charge < -0.3 is 15.4 Å². The molecular weight excluding hydrogens is 362 g/mol. The van der Waals surface area contributed by atoms with Gasteiger partial charge in [0.1, 0.15) is 0 Å².